The molecule has 1 spiro atoms. The molecule has 0 saturated carbocycles. The van der Waals surface area contributed by atoms with Gasteiger partial charge in [-0.2, -0.15) is 0 Å². The van der Waals surface area contributed by atoms with Crippen molar-refractivity contribution in [3.8, 4) is 0 Å². The van der Waals surface area contributed by atoms with Crippen molar-refractivity contribution < 1.29 is 9.53 Å². The van der Waals surface area contributed by atoms with Crippen LogP contribution in [0.4, 0.5) is 0 Å². The number of imidazole rings is 1. The van der Waals surface area contributed by atoms with Gasteiger partial charge in [0.05, 0.1) is 13.2 Å². The van der Waals surface area contributed by atoms with Gasteiger partial charge in [0.15, 0.2) is 0 Å². The van der Waals surface area contributed by atoms with E-state index in [1.165, 1.54) is 18.7 Å². The monoisotopic (exact) mass is 348 g/mol. The fourth-order valence-corrected chi connectivity index (χ4v) is 4.42. The Morgan fingerprint density at radius 3 is 2.96 bits per heavy atom. The van der Waals surface area contributed by atoms with Gasteiger partial charge in [0, 0.05) is 57.5 Å². The second-order valence-corrected chi connectivity index (χ2v) is 7.66. The fourth-order valence-electron chi connectivity index (χ4n) is 4.42. The number of piperidine rings is 2. The first-order valence-corrected chi connectivity index (χ1v) is 9.65. The largest absolute Gasteiger partial charge is 0.383 e. The molecule has 3 rings (SSSR count). The number of rotatable bonds is 7. The van der Waals surface area contributed by atoms with E-state index in [0.717, 1.165) is 52.1 Å². The normalized spacial score (nSPS) is 25.0. The van der Waals surface area contributed by atoms with Crippen LogP contribution in [0, 0.1) is 5.41 Å². The van der Waals surface area contributed by atoms with E-state index >= 15 is 0 Å². The molecule has 3 heterocycles. The van der Waals surface area contributed by atoms with Gasteiger partial charge in [0.1, 0.15) is 5.82 Å². The number of carbonyl (C=O) groups is 1. The number of aromatic nitrogens is 2. The van der Waals surface area contributed by atoms with Gasteiger partial charge in [-0.1, -0.05) is 6.92 Å². The van der Waals surface area contributed by atoms with E-state index in [0.29, 0.717) is 18.9 Å². The molecule has 1 amide bonds. The maximum atomic E-state index is 12.2. The number of hydrogen-bond donors (Lipinski definition) is 0. The van der Waals surface area contributed by atoms with Gasteiger partial charge in [-0.05, 0) is 32.2 Å². The Labute approximate surface area is 151 Å². The summed E-state index contributed by atoms with van der Waals surface area (Å²) in [5, 5.41) is 0. The molecule has 2 fully saturated rings. The number of hydrogen-bond acceptors (Lipinski definition) is 4. The van der Waals surface area contributed by atoms with Crippen LogP contribution in [0.1, 0.15) is 44.9 Å². The molecule has 1 aromatic rings. The van der Waals surface area contributed by atoms with Crippen molar-refractivity contribution in [1.82, 2.24) is 19.4 Å². The maximum Gasteiger partial charge on any atom is 0.222 e. The lowest BCUT2D eigenvalue weighted by Crippen LogP contribution is -2.54. The van der Waals surface area contributed by atoms with Crippen LogP contribution in [-0.2, 0) is 22.6 Å². The summed E-state index contributed by atoms with van der Waals surface area (Å²) in [6.07, 6.45) is 9.27. The molecule has 1 aromatic heterocycles. The van der Waals surface area contributed by atoms with Crippen molar-refractivity contribution in [2.75, 3.05) is 39.9 Å². The van der Waals surface area contributed by atoms with Crippen LogP contribution < -0.4 is 0 Å². The topological polar surface area (TPSA) is 50.6 Å². The minimum absolute atomic E-state index is 0.252. The van der Waals surface area contributed by atoms with Crippen molar-refractivity contribution in [2.24, 2.45) is 5.41 Å². The highest BCUT2D eigenvalue weighted by Crippen LogP contribution is 2.39. The number of ether oxygens (including phenoxy) is 1. The van der Waals surface area contributed by atoms with Crippen LogP contribution in [-0.4, -0.2) is 65.2 Å². The van der Waals surface area contributed by atoms with Gasteiger partial charge in [-0.3, -0.25) is 9.69 Å². The van der Waals surface area contributed by atoms with Gasteiger partial charge < -0.3 is 14.2 Å². The van der Waals surface area contributed by atoms with Crippen LogP contribution in [0.2, 0.25) is 0 Å². The molecule has 6 heteroatoms. The highest BCUT2D eigenvalue weighted by atomic mass is 16.5. The molecular weight excluding hydrogens is 316 g/mol. The summed E-state index contributed by atoms with van der Waals surface area (Å²) in [5.74, 6) is 1.46. The van der Waals surface area contributed by atoms with Crippen LogP contribution >= 0.6 is 0 Å². The van der Waals surface area contributed by atoms with Crippen LogP contribution in [0.5, 0.6) is 0 Å². The number of amides is 1. The smallest absolute Gasteiger partial charge is 0.222 e. The molecule has 0 aliphatic carbocycles. The van der Waals surface area contributed by atoms with Gasteiger partial charge in [0.25, 0.3) is 0 Å². The summed E-state index contributed by atoms with van der Waals surface area (Å²) in [7, 11) is 1.70. The van der Waals surface area contributed by atoms with E-state index in [-0.39, 0.29) is 5.41 Å². The first kappa shape index (κ1) is 18.4. The summed E-state index contributed by atoms with van der Waals surface area (Å²) < 4.78 is 7.46. The molecule has 2 saturated heterocycles. The first-order chi connectivity index (χ1) is 12.2. The lowest BCUT2D eigenvalue weighted by Gasteiger charge is -2.48. The summed E-state index contributed by atoms with van der Waals surface area (Å²) >= 11 is 0. The number of nitrogens with zero attached hydrogens (tertiary/aromatic N) is 4. The first-order valence-electron chi connectivity index (χ1n) is 9.65. The molecule has 1 atom stereocenters. The van der Waals surface area contributed by atoms with Gasteiger partial charge >= 0.3 is 0 Å². The molecule has 0 radical (unpaired) electrons. The number of carbonyl (C=O) groups excluding carboxylic acids is 1. The second-order valence-electron chi connectivity index (χ2n) is 7.66. The molecule has 0 N–H and O–H groups in total. The van der Waals surface area contributed by atoms with Crippen LogP contribution in [0.25, 0.3) is 0 Å². The Kier molecular flexibility index (Phi) is 6.12. The fraction of sp³-hybridized carbons (Fsp3) is 0.789. The van der Waals surface area contributed by atoms with E-state index in [4.69, 9.17) is 4.74 Å². The van der Waals surface area contributed by atoms with E-state index in [2.05, 4.69) is 27.6 Å². The van der Waals surface area contributed by atoms with Crippen molar-refractivity contribution in [1.29, 1.82) is 0 Å². The lowest BCUT2D eigenvalue weighted by atomic mass is 9.73. The summed E-state index contributed by atoms with van der Waals surface area (Å²) in [6.45, 7) is 8.59. The van der Waals surface area contributed by atoms with Crippen molar-refractivity contribution in [3.05, 3.63) is 18.2 Å². The highest BCUT2D eigenvalue weighted by Gasteiger charge is 2.41. The third kappa shape index (κ3) is 4.42. The van der Waals surface area contributed by atoms with E-state index in [1.54, 1.807) is 7.11 Å². The SMILES string of the molecule is CCCn1ccnc1CN1CCCC2(CCC(=O)N(CCOC)C2)C1. The van der Waals surface area contributed by atoms with Gasteiger partial charge in [0.2, 0.25) is 5.91 Å². The Bertz CT molecular complexity index is 574. The van der Waals surface area contributed by atoms with Crippen molar-refractivity contribution >= 4 is 5.91 Å². The average Bonchev–Trinajstić information content (AvgIpc) is 3.03. The Morgan fingerprint density at radius 2 is 2.16 bits per heavy atom. The number of likely N-dealkylation sites (tertiary alicyclic amines) is 2. The molecule has 2 aliphatic rings. The molecular formula is C19H32N4O2. The molecule has 6 nitrogen and oxygen atoms in total. The minimum Gasteiger partial charge on any atom is -0.383 e. The predicted octanol–water partition coefficient (Wildman–Crippen LogP) is 2.14. The molecule has 140 valence electrons. The summed E-state index contributed by atoms with van der Waals surface area (Å²) in [6, 6.07) is 0. The van der Waals surface area contributed by atoms with E-state index in [9.17, 15) is 4.79 Å². The van der Waals surface area contributed by atoms with E-state index < -0.39 is 0 Å². The Morgan fingerprint density at radius 1 is 1.28 bits per heavy atom. The summed E-state index contributed by atoms with van der Waals surface area (Å²) in [4.78, 5) is 21.4. The van der Waals surface area contributed by atoms with Crippen molar-refractivity contribution in [2.45, 2.75) is 52.1 Å². The zero-order valence-corrected chi connectivity index (χ0v) is 15.7. The standard InChI is InChI=1S/C19H32N4O2/c1-3-9-22-11-8-20-17(22)14-21-10-4-6-19(15-21)7-5-18(24)23(16-19)12-13-25-2/h8,11H,3-7,9-10,12-16H2,1-2H3. The third-order valence-corrected chi connectivity index (χ3v) is 5.69. The Hall–Kier alpha value is -1.40. The number of aryl methyl sites for hydroxylation is 1. The molecule has 1 unspecified atom stereocenters. The lowest BCUT2D eigenvalue weighted by molar-refractivity contribution is -0.140. The minimum atomic E-state index is 0.252. The quantitative estimate of drug-likeness (QED) is 0.758. The molecule has 0 aromatic carbocycles. The molecule has 2 aliphatic heterocycles. The maximum absolute atomic E-state index is 12.2. The van der Waals surface area contributed by atoms with Crippen LogP contribution in [0.15, 0.2) is 12.4 Å². The molecule has 25 heavy (non-hydrogen) atoms. The molecule has 0 bridgehead atoms. The average molecular weight is 348 g/mol. The number of methoxy groups -OCH3 is 1. The van der Waals surface area contributed by atoms with Crippen molar-refractivity contribution in [3.63, 3.8) is 0 Å². The second kappa shape index (κ2) is 8.32. The Balaban J connectivity index is 1.63. The summed E-state index contributed by atoms with van der Waals surface area (Å²) in [5.41, 5.74) is 0.252. The third-order valence-electron chi connectivity index (χ3n) is 5.69. The zero-order valence-electron chi connectivity index (χ0n) is 15.7. The zero-order chi connectivity index (χ0) is 17.7. The van der Waals surface area contributed by atoms with E-state index in [1.807, 2.05) is 11.1 Å². The van der Waals surface area contributed by atoms with Crippen LogP contribution in [0.3, 0.4) is 0 Å². The van der Waals surface area contributed by atoms with Gasteiger partial charge in [-0.15, -0.1) is 0 Å². The highest BCUT2D eigenvalue weighted by molar-refractivity contribution is 5.77. The predicted molar refractivity (Wildman–Crippen MR) is 97.2 cm³/mol. The van der Waals surface area contributed by atoms with Gasteiger partial charge in [-0.25, -0.2) is 4.98 Å².